The van der Waals surface area contributed by atoms with Gasteiger partial charge in [0.05, 0.1) is 23.2 Å². The smallest absolute Gasteiger partial charge is 0.265 e. The van der Waals surface area contributed by atoms with E-state index >= 15 is 0 Å². The Bertz CT molecular complexity index is 1300. The second-order valence-corrected chi connectivity index (χ2v) is 10.6. The number of thioether (sulfide) groups is 1. The molecule has 3 aromatic carbocycles. The predicted octanol–water partition coefficient (Wildman–Crippen LogP) is 6.53. The molecule has 192 valence electrons. The van der Waals surface area contributed by atoms with E-state index in [1.54, 1.807) is 12.1 Å². The lowest BCUT2D eigenvalue weighted by Crippen LogP contribution is -2.34. The fourth-order valence-electron chi connectivity index (χ4n) is 4.14. The second kappa shape index (κ2) is 12.3. The number of nitrogens with zero attached hydrogens (tertiary/aromatic N) is 1. The number of anilines is 1. The molecule has 0 atom stereocenters. The lowest BCUT2D eigenvalue weighted by Gasteiger charge is -2.31. The summed E-state index contributed by atoms with van der Waals surface area (Å²) in [7, 11) is 0. The molecule has 6 heteroatoms. The number of nitrogens with one attached hydrogen (secondary N) is 1. The van der Waals surface area contributed by atoms with Crippen molar-refractivity contribution < 1.29 is 14.3 Å². The van der Waals surface area contributed by atoms with Gasteiger partial charge in [-0.2, -0.15) is 0 Å². The van der Waals surface area contributed by atoms with Crippen molar-refractivity contribution >= 4 is 35.3 Å². The van der Waals surface area contributed by atoms with Crippen molar-refractivity contribution in [1.29, 1.82) is 0 Å². The maximum Gasteiger partial charge on any atom is 0.265 e. The topological polar surface area (TPSA) is 58.6 Å². The third-order valence-electron chi connectivity index (χ3n) is 6.19. The largest absolute Gasteiger partial charge is 0.379 e. The van der Waals surface area contributed by atoms with E-state index in [-0.39, 0.29) is 17.9 Å². The monoisotopic (exact) mass is 514 g/mol. The maximum absolute atomic E-state index is 13.6. The zero-order valence-corrected chi connectivity index (χ0v) is 22.7. The zero-order chi connectivity index (χ0) is 26.4. The average Bonchev–Trinajstić information content (AvgIpc) is 2.88. The minimum atomic E-state index is -0.111. The Kier molecular flexibility index (Phi) is 8.85. The molecule has 0 aromatic heterocycles. The van der Waals surface area contributed by atoms with E-state index in [9.17, 15) is 9.59 Å². The highest BCUT2D eigenvalue weighted by molar-refractivity contribution is 8.04. The van der Waals surface area contributed by atoms with E-state index in [1.807, 2.05) is 55.2 Å². The number of rotatable bonds is 9. The molecular weight excluding hydrogens is 480 g/mol. The summed E-state index contributed by atoms with van der Waals surface area (Å²) < 4.78 is 5.51. The SMILES string of the molecule is Cc1ccc(C)c(CN2C(=O)C(=Cc3ccc(C(=O)NCCCOC(C)C)cc3)Sc3ccccc32)c1. The van der Waals surface area contributed by atoms with Crippen molar-refractivity contribution in [2.24, 2.45) is 0 Å². The molecule has 0 fully saturated rings. The van der Waals surface area contributed by atoms with Gasteiger partial charge in [-0.3, -0.25) is 9.59 Å². The van der Waals surface area contributed by atoms with E-state index in [4.69, 9.17) is 4.74 Å². The number of fused-ring (bicyclic) bond motifs is 1. The van der Waals surface area contributed by atoms with E-state index in [0.717, 1.165) is 28.1 Å². The minimum absolute atomic E-state index is 0.0185. The molecule has 0 unspecified atom stereocenters. The Labute approximate surface area is 223 Å². The summed E-state index contributed by atoms with van der Waals surface area (Å²) in [6.07, 6.45) is 2.87. The van der Waals surface area contributed by atoms with Gasteiger partial charge < -0.3 is 15.0 Å². The number of carbonyl (C=O) groups excluding carboxylic acids is 2. The molecule has 0 spiro atoms. The van der Waals surface area contributed by atoms with Crippen LogP contribution in [0, 0.1) is 13.8 Å². The van der Waals surface area contributed by atoms with E-state index < -0.39 is 0 Å². The number of carbonyl (C=O) groups is 2. The molecule has 4 rings (SSSR count). The highest BCUT2D eigenvalue weighted by Gasteiger charge is 2.29. The predicted molar refractivity (Wildman–Crippen MR) is 152 cm³/mol. The summed E-state index contributed by atoms with van der Waals surface area (Å²) in [5.74, 6) is -0.129. The molecule has 1 aliphatic heterocycles. The quantitative estimate of drug-likeness (QED) is 0.261. The normalized spacial score (nSPS) is 14.2. The fraction of sp³-hybridized carbons (Fsp3) is 0.290. The van der Waals surface area contributed by atoms with Crippen LogP contribution in [0.2, 0.25) is 0 Å². The molecule has 2 amide bonds. The van der Waals surface area contributed by atoms with Crippen LogP contribution >= 0.6 is 11.8 Å². The van der Waals surface area contributed by atoms with E-state index in [0.29, 0.717) is 30.2 Å². The molecule has 3 aromatic rings. The average molecular weight is 515 g/mol. The van der Waals surface area contributed by atoms with E-state index in [1.165, 1.54) is 22.9 Å². The number of hydrogen-bond donors (Lipinski definition) is 1. The van der Waals surface area contributed by atoms with Crippen LogP contribution in [-0.4, -0.2) is 31.1 Å². The molecule has 0 radical (unpaired) electrons. The Balaban J connectivity index is 1.49. The molecule has 1 aliphatic rings. The van der Waals surface area contributed by atoms with Gasteiger partial charge in [0, 0.05) is 23.6 Å². The molecule has 0 saturated heterocycles. The van der Waals surface area contributed by atoms with Crippen molar-refractivity contribution in [3.05, 3.63) is 99.5 Å². The third kappa shape index (κ3) is 6.90. The number of aryl methyl sites for hydroxylation is 2. The van der Waals surface area contributed by atoms with Gasteiger partial charge in [-0.05, 0) is 81.1 Å². The fourth-order valence-corrected chi connectivity index (χ4v) is 5.20. The van der Waals surface area contributed by atoms with Crippen LogP contribution in [0.1, 0.15) is 52.9 Å². The van der Waals surface area contributed by atoms with E-state index in [2.05, 4.69) is 43.4 Å². The highest BCUT2D eigenvalue weighted by atomic mass is 32.2. The Morgan fingerprint density at radius 3 is 2.57 bits per heavy atom. The summed E-state index contributed by atoms with van der Waals surface area (Å²) in [4.78, 5) is 29.7. The van der Waals surface area contributed by atoms with Crippen molar-refractivity contribution in [1.82, 2.24) is 5.32 Å². The van der Waals surface area contributed by atoms with Gasteiger partial charge in [0.15, 0.2) is 0 Å². The molecular formula is C31H34N2O3S. The highest BCUT2D eigenvalue weighted by Crippen LogP contribution is 2.42. The number of amides is 2. The van der Waals surface area contributed by atoms with Crippen LogP contribution in [0.5, 0.6) is 0 Å². The van der Waals surface area contributed by atoms with Crippen LogP contribution in [0.15, 0.2) is 76.5 Å². The number of para-hydroxylation sites is 1. The Hall–Kier alpha value is -3.35. The van der Waals surface area contributed by atoms with Gasteiger partial charge in [-0.25, -0.2) is 0 Å². The molecule has 0 bridgehead atoms. The van der Waals surface area contributed by atoms with Crippen LogP contribution in [-0.2, 0) is 16.1 Å². The first-order valence-corrected chi connectivity index (χ1v) is 13.5. The van der Waals surface area contributed by atoms with Gasteiger partial charge in [0.1, 0.15) is 0 Å². The van der Waals surface area contributed by atoms with Crippen LogP contribution < -0.4 is 10.2 Å². The summed E-state index contributed by atoms with van der Waals surface area (Å²) in [5.41, 5.74) is 5.89. The van der Waals surface area contributed by atoms with Crippen molar-refractivity contribution in [2.75, 3.05) is 18.1 Å². The first kappa shape index (κ1) is 26.7. The molecule has 37 heavy (non-hydrogen) atoms. The summed E-state index contributed by atoms with van der Waals surface area (Å²) in [6.45, 7) is 9.85. The molecule has 5 nitrogen and oxygen atoms in total. The standard InChI is InChI=1S/C31H34N2O3S/c1-21(2)36-17-7-16-32-30(34)25-14-12-24(13-15-25)19-29-31(35)33(27-8-5-6-9-28(27)37-29)20-26-18-22(3)10-11-23(26)4/h5-6,8-15,18-19,21H,7,16-17,20H2,1-4H3,(H,32,34). The minimum Gasteiger partial charge on any atom is -0.379 e. The summed E-state index contributed by atoms with van der Waals surface area (Å²) in [5, 5.41) is 2.93. The Morgan fingerprint density at radius 2 is 1.81 bits per heavy atom. The van der Waals surface area contributed by atoms with Gasteiger partial charge in [0.2, 0.25) is 0 Å². The zero-order valence-electron chi connectivity index (χ0n) is 21.9. The third-order valence-corrected chi connectivity index (χ3v) is 7.27. The Morgan fingerprint density at radius 1 is 1.05 bits per heavy atom. The summed E-state index contributed by atoms with van der Waals surface area (Å²) in [6, 6.07) is 21.7. The first-order valence-electron chi connectivity index (χ1n) is 12.7. The van der Waals surface area contributed by atoms with Gasteiger partial charge in [-0.15, -0.1) is 0 Å². The first-order chi connectivity index (χ1) is 17.8. The van der Waals surface area contributed by atoms with Gasteiger partial charge in [0.25, 0.3) is 11.8 Å². The molecule has 1 N–H and O–H groups in total. The number of benzene rings is 3. The van der Waals surface area contributed by atoms with Crippen molar-refractivity contribution in [3.63, 3.8) is 0 Å². The van der Waals surface area contributed by atoms with Crippen molar-refractivity contribution in [3.8, 4) is 0 Å². The maximum atomic E-state index is 13.6. The summed E-state index contributed by atoms with van der Waals surface area (Å²) >= 11 is 1.49. The second-order valence-electron chi connectivity index (χ2n) is 9.55. The molecule has 0 aliphatic carbocycles. The van der Waals surface area contributed by atoms with Crippen molar-refractivity contribution in [2.45, 2.75) is 51.7 Å². The lowest BCUT2D eigenvalue weighted by molar-refractivity contribution is -0.114. The number of ether oxygens (including phenoxy) is 1. The molecule has 1 heterocycles. The van der Waals surface area contributed by atoms with Crippen LogP contribution in [0.3, 0.4) is 0 Å². The van der Waals surface area contributed by atoms with Crippen LogP contribution in [0.4, 0.5) is 5.69 Å². The number of hydrogen-bond acceptors (Lipinski definition) is 4. The molecule has 0 saturated carbocycles. The van der Waals surface area contributed by atoms with Gasteiger partial charge in [-0.1, -0.05) is 59.8 Å². The van der Waals surface area contributed by atoms with Gasteiger partial charge >= 0.3 is 0 Å². The lowest BCUT2D eigenvalue weighted by atomic mass is 10.0. The van der Waals surface area contributed by atoms with Crippen LogP contribution in [0.25, 0.3) is 6.08 Å².